The number of ether oxygens (including phenoxy) is 3. The molecule has 2 aliphatic heterocycles. The van der Waals surface area contributed by atoms with Crippen LogP contribution in [0.3, 0.4) is 0 Å². The second-order valence-electron chi connectivity index (χ2n) is 9.71. The SMILES string of the molecule is CCOC(=O)N1N=C(c2ccccc2)OC2(N3CCOCC3)CCC(C(C)(C)C)CC12. The van der Waals surface area contributed by atoms with Crippen molar-refractivity contribution in [1.82, 2.24) is 9.91 Å². The fourth-order valence-electron chi connectivity index (χ4n) is 5.10. The zero-order valence-electron chi connectivity index (χ0n) is 19.2. The van der Waals surface area contributed by atoms with E-state index in [0.717, 1.165) is 37.9 Å². The van der Waals surface area contributed by atoms with Crippen molar-refractivity contribution in [2.45, 2.75) is 58.7 Å². The van der Waals surface area contributed by atoms with Gasteiger partial charge in [-0.05, 0) is 43.2 Å². The van der Waals surface area contributed by atoms with E-state index >= 15 is 0 Å². The van der Waals surface area contributed by atoms with Crippen LogP contribution in [0.2, 0.25) is 0 Å². The lowest BCUT2D eigenvalue weighted by Gasteiger charge is -2.57. The molecule has 0 spiro atoms. The minimum Gasteiger partial charge on any atom is -0.452 e. The van der Waals surface area contributed by atoms with Crippen LogP contribution < -0.4 is 0 Å². The van der Waals surface area contributed by atoms with Gasteiger partial charge in [0.2, 0.25) is 5.90 Å². The monoisotopic (exact) mass is 429 g/mol. The van der Waals surface area contributed by atoms with Crippen molar-refractivity contribution in [2.24, 2.45) is 16.4 Å². The summed E-state index contributed by atoms with van der Waals surface area (Å²) in [6.07, 6.45) is 2.29. The zero-order chi connectivity index (χ0) is 22.1. The van der Waals surface area contributed by atoms with E-state index in [4.69, 9.17) is 19.3 Å². The summed E-state index contributed by atoms with van der Waals surface area (Å²) >= 11 is 0. The number of morpholine rings is 1. The van der Waals surface area contributed by atoms with Gasteiger partial charge < -0.3 is 14.2 Å². The van der Waals surface area contributed by atoms with E-state index in [1.807, 2.05) is 37.3 Å². The highest BCUT2D eigenvalue weighted by Crippen LogP contribution is 2.48. The van der Waals surface area contributed by atoms with Crippen molar-refractivity contribution >= 4 is 12.0 Å². The van der Waals surface area contributed by atoms with Crippen LogP contribution in [0, 0.1) is 11.3 Å². The molecule has 170 valence electrons. The molecule has 1 aliphatic carbocycles. The molecule has 4 rings (SSSR count). The smallest absolute Gasteiger partial charge is 0.430 e. The van der Waals surface area contributed by atoms with E-state index in [1.165, 1.54) is 0 Å². The minimum absolute atomic E-state index is 0.140. The summed E-state index contributed by atoms with van der Waals surface area (Å²) in [7, 11) is 0. The van der Waals surface area contributed by atoms with E-state index in [1.54, 1.807) is 5.01 Å². The maximum atomic E-state index is 13.1. The third-order valence-electron chi connectivity index (χ3n) is 6.89. The van der Waals surface area contributed by atoms with Gasteiger partial charge in [-0.1, -0.05) is 39.0 Å². The fraction of sp³-hybridized carbons (Fsp3) is 0.667. The van der Waals surface area contributed by atoms with Crippen molar-refractivity contribution in [3.63, 3.8) is 0 Å². The predicted octanol–water partition coefficient (Wildman–Crippen LogP) is 4.08. The van der Waals surface area contributed by atoms with Crippen LogP contribution in [0.25, 0.3) is 0 Å². The second-order valence-corrected chi connectivity index (χ2v) is 9.71. The number of fused-ring (bicyclic) bond motifs is 1. The van der Waals surface area contributed by atoms with Crippen LogP contribution in [-0.4, -0.2) is 66.6 Å². The Morgan fingerprint density at radius 1 is 1.23 bits per heavy atom. The maximum Gasteiger partial charge on any atom is 0.430 e. The van der Waals surface area contributed by atoms with Gasteiger partial charge in [0.05, 0.1) is 19.8 Å². The fourth-order valence-corrected chi connectivity index (χ4v) is 5.10. The first-order chi connectivity index (χ1) is 14.8. The van der Waals surface area contributed by atoms with Gasteiger partial charge in [-0.15, -0.1) is 5.10 Å². The molecule has 3 unspecified atom stereocenters. The molecule has 0 N–H and O–H groups in total. The lowest BCUT2D eigenvalue weighted by atomic mass is 9.67. The van der Waals surface area contributed by atoms with Crippen molar-refractivity contribution in [1.29, 1.82) is 0 Å². The Morgan fingerprint density at radius 3 is 2.58 bits per heavy atom. The van der Waals surface area contributed by atoms with Gasteiger partial charge in [-0.2, -0.15) is 5.01 Å². The average Bonchev–Trinajstić information content (AvgIpc) is 2.78. The summed E-state index contributed by atoms with van der Waals surface area (Å²) in [5.74, 6) is 0.936. The van der Waals surface area contributed by atoms with E-state index < -0.39 is 11.8 Å². The number of benzene rings is 1. The van der Waals surface area contributed by atoms with Gasteiger partial charge in [0.25, 0.3) is 0 Å². The molecule has 1 saturated carbocycles. The first-order valence-corrected chi connectivity index (χ1v) is 11.5. The van der Waals surface area contributed by atoms with Gasteiger partial charge in [-0.3, -0.25) is 4.90 Å². The van der Waals surface area contributed by atoms with Crippen molar-refractivity contribution in [3.05, 3.63) is 35.9 Å². The summed E-state index contributed by atoms with van der Waals surface area (Å²) in [5, 5.41) is 6.28. The zero-order valence-corrected chi connectivity index (χ0v) is 19.2. The van der Waals surface area contributed by atoms with E-state index in [9.17, 15) is 4.79 Å². The predicted molar refractivity (Wildman–Crippen MR) is 119 cm³/mol. The third-order valence-corrected chi connectivity index (χ3v) is 6.89. The van der Waals surface area contributed by atoms with Gasteiger partial charge in [0, 0.05) is 25.1 Å². The Bertz CT molecular complexity index is 801. The van der Waals surface area contributed by atoms with E-state index in [-0.39, 0.29) is 11.5 Å². The van der Waals surface area contributed by atoms with Crippen molar-refractivity contribution < 1.29 is 19.0 Å². The number of carbonyl (C=O) groups is 1. The standard InChI is InChI=1S/C24H35N3O4/c1-5-30-22(28)27-20-17-19(23(2,3)4)11-12-24(20,26-13-15-29-16-14-26)31-21(25-27)18-9-7-6-8-10-18/h6-10,19-20H,5,11-17H2,1-4H3. The molecule has 1 saturated heterocycles. The molecule has 1 amide bonds. The van der Waals surface area contributed by atoms with Crippen LogP contribution in [0.15, 0.2) is 35.4 Å². The number of hydrazone groups is 1. The molecule has 2 heterocycles. The number of rotatable bonds is 3. The molecule has 3 aliphatic rings. The van der Waals surface area contributed by atoms with Crippen molar-refractivity contribution in [2.75, 3.05) is 32.9 Å². The molecule has 7 nitrogen and oxygen atoms in total. The van der Waals surface area contributed by atoms with E-state index in [0.29, 0.717) is 31.6 Å². The average molecular weight is 430 g/mol. The van der Waals surface area contributed by atoms with E-state index in [2.05, 4.69) is 25.7 Å². The highest BCUT2D eigenvalue weighted by Gasteiger charge is 2.58. The highest BCUT2D eigenvalue weighted by molar-refractivity contribution is 5.95. The lowest BCUT2D eigenvalue weighted by Crippen LogP contribution is -2.70. The molecule has 7 heteroatoms. The molecule has 0 radical (unpaired) electrons. The Balaban J connectivity index is 1.79. The molecular weight excluding hydrogens is 394 g/mol. The maximum absolute atomic E-state index is 13.1. The highest BCUT2D eigenvalue weighted by atomic mass is 16.6. The van der Waals surface area contributed by atoms with Gasteiger partial charge in [0.1, 0.15) is 6.04 Å². The van der Waals surface area contributed by atoms with Gasteiger partial charge in [0.15, 0.2) is 5.72 Å². The molecule has 1 aromatic carbocycles. The van der Waals surface area contributed by atoms with Crippen LogP contribution in [0.5, 0.6) is 0 Å². The Kier molecular flexibility index (Phi) is 6.26. The molecule has 2 fully saturated rings. The Morgan fingerprint density at radius 2 is 1.94 bits per heavy atom. The van der Waals surface area contributed by atoms with Crippen LogP contribution in [0.1, 0.15) is 52.5 Å². The lowest BCUT2D eigenvalue weighted by molar-refractivity contribution is -0.204. The first-order valence-electron chi connectivity index (χ1n) is 11.5. The van der Waals surface area contributed by atoms with Crippen LogP contribution >= 0.6 is 0 Å². The third kappa shape index (κ3) is 4.30. The van der Waals surface area contributed by atoms with Crippen LogP contribution in [-0.2, 0) is 14.2 Å². The first kappa shape index (κ1) is 22.1. The summed E-state index contributed by atoms with van der Waals surface area (Å²) < 4.78 is 17.9. The molecule has 31 heavy (non-hydrogen) atoms. The number of nitrogens with zero attached hydrogens (tertiary/aromatic N) is 3. The summed E-state index contributed by atoms with van der Waals surface area (Å²) in [4.78, 5) is 15.5. The largest absolute Gasteiger partial charge is 0.452 e. The molecule has 1 aromatic rings. The number of carbonyl (C=O) groups excluding carboxylic acids is 1. The van der Waals surface area contributed by atoms with Gasteiger partial charge in [-0.25, -0.2) is 4.79 Å². The molecule has 3 atom stereocenters. The molecule has 0 aromatic heterocycles. The van der Waals surface area contributed by atoms with Crippen LogP contribution in [0.4, 0.5) is 4.79 Å². The second kappa shape index (κ2) is 8.79. The topological polar surface area (TPSA) is 63.6 Å². The number of hydrogen-bond acceptors (Lipinski definition) is 6. The summed E-state index contributed by atoms with van der Waals surface area (Å²) in [6, 6.07) is 9.60. The van der Waals surface area contributed by atoms with Gasteiger partial charge >= 0.3 is 6.09 Å². The normalized spacial score (nSPS) is 29.5. The minimum atomic E-state index is -0.634. The van der Waals surface area contributed by atoms with Crippen molar-refractivity contribution in [3.8, 4) is 0 Å². The Labute approximate surface area is 185 Å². The molecule has 0 bridgehead atoms. The Hall–Kier alpha value is -2.12. The number of amides is 1. The number of hydrogen-bond donors (Lipinski definition) is 0. The summed E-state index contributed by atoms with van der Waals surface area (Å²) in [5.41, 5.74) is 0.368. The quantitative estimate of drug-likeness (QED) is 0.724. The summed E-state index contributed by atoms with van der Waals surface area (Å²) in [6.45, 7) is 11.8. The molecular formula is C24H35N3O4.